The van der Waals surface area contributed by atoms with Gasteiger partial charge in [-0.15, -0.1) is 5.06 Å². The van der Waals surface area contributed by atoms with Crippen molar-refractivity contribution < 1.29 is 4.84 Å². The fraction of sp³-hybridized carbons (Fsp3) is 0.333. The molecule has 82 valence electrons. The van der Waals surface area contributed by atoms with Crippen molar-refractivity contribution >= 4 is 10.9 Å². The molecule has 1 aliphatic heterocycles. The van der Waals surface area contributed by atoms with Crippen LogP contribution in [-0.4, -0.2) is 28.1 Å². The highest BCUT2D eigenvalue weighted by Gasteiger charge is 2.13. The zero-order valence-corrected chi connectivity index (χ0v) is 8.97. The summed E-state index contributed by atoms with van der Waals surface area (Å²) in [5.41, 5.74) is 0.948. The molecule has 1 fully saturated rings. The molecule has 16 heavy (non-hydrogen) atoms. The fourth-order valence-electron chi connectivity index (χ4n) is 1.95. The summed E-state index contributed by atoms with van der Waals surface area (Å²) in [6.45, 7) is 2.03. The molecule has 2 heterocycles. The van der Waals surface area contributed by atoms with Crippen LogP contribution in [0.5, 0.6) is 5.75 Å². The first-order valence-electron chi connectivity index (χ1n) is 5.54. The summed E-state index contributed by atoms with van der Waals surface area (Å²) in [4.78, 5) is 13.9. The second-order valence-electron chi connectivity index (χ2n) is 3.97. The second kappa shape index (κ2) is 4.06. The van der Waals surface area contributed by atoms with E-state index in [1.54, 1.807) is 12.5 Å². The fourth-order valence-corrected chi connectivity index (χ4v) is 1.95. The van der Waals surface area contributed by atoms with E-state index >= 15 is 0 Å². The minimum atomic E-state index is 0.865. The van der Waals surface area contributed by atoms with Crippen LogP contribution in [0.15, 0.2) is 30.7 Å². The molecule has 0 atom stereocenters. The topological polar surface area (TPSA) is 38.2 Å². The Balaban J connectivity index is 1.86. The van der Waals surface area contributed by atoms with Crippen LogP contribution in [0.4, 0.5) is 0 Å². The van der Waals surface area contributed by atoms with Crippen LogP contribution in [-0.2, 0) is 0 Å². The van der Waals surface area contributed by atoms with Crippen LogP contribution in [0.3, 0.4) is 0 Å². The van der Waals surface area contributed by atoms with Gasteiger partial charge in [-0.25, -0.2) is 9.97 Å². The van der Waals surface area contributed by atoms with Crippen molar-refractivity contribution in [3.8, 4) is 5.75 Å². The normalized spacial score (nSPS) is 16.8. The van der Waals surface area contributed by atoms with Gasteiger partial charge in [0.05, 0.1) is 5.52 Å². The Labute approximate surface area is 93.8 Å². The maximum Gasteiger partial charge on any atom is 0.148 e. The van der Waals surface area contributed by atoms with Crippen molar-refractivity contribution in [2.75, 3.05) is 13.1 Å². The van der Waals surface area contributed by atoms with Crippen molar-refractivity contribution in [1.29, 1.82) is 0 Å². The first kappa shape index (κ1) is 9.54. The van der Waals surface area contributed by atoms with Gasteiger partial charge in [0, 0.05) is 24.7 Å². The molecule has 0 N–H and O–H groups in total. The smallest absolute Gasteiger partial charge is 0.148 e. The molecule has 4 nitrogen and oxygen atoms in total. The van der Waals surface area contributed by atoms with Crippen LogP contribution >= 0.6 is 0 Å². The van der Waals surface area contributed by atoms with Gasteiger partial charge >= 0.3 is 0 Å². The van der Waals surface area contributed by atoms with Gasteiger partial charge in [-0.2, -0.15) is 0 Å². The molecule has 1 saturated heterocycles. The summed E-state index contributed by atoms with van der Waals surface area (Å²) in [5, 5.41) is 3.02. The molecule has 4 heteroatoms. The number of hydroxylamine groups is 2. The van der Waals surface area contributed by atoms with Crippen LogP contribution in [0, 0.1) is 0 Å². The van der Waals surface area contributed by atoms with Crippen molar-refractivity contribution in [3.63, 3.8) is 0 Å². The molecule has 0 amide bonds. The minimum Gasteiger partial charge on any atom is -0.406 e. The maximum absolute atomic E-state index is 5.76. The van der Waals surface area contributed by atoms with Gasteiger partial charge < -0.3 is 4.84 Å². The lowest BCUT2D eigenvalue weighted by Crippen LogP contribution is -2.23. The van der Waals surface area contributed by atoms with Crippen molar-refractivity contribution in [1.82, 2.24) is 15.0 Å². The lowest BCUT2D eigenvalue weighted by Gasteiger charge is -2.15. The van der Waals surface area contributed by atoms with E-state index in [2.05, 4.69) is 9.97 Å². The van der Waals surface area contributed by atoms with Gasteiger partial charge in [0.15, 0.2) is 0 Å². The van der Waals surface area contributed by atoms with Crippen LogP contribution in [0.25, 0.3) is 10.9 Å². The highest BCUT2D eigenvalue weighted by atomic mass is 16.7. The zero-order valence-electron chi connectivity index (χ0n) is 8.97. The highest BCUT2D eigenvalue weighted by Crippen LogP contribution is 2.20. The Morgan fingerprint density at radius 2 is 2.06 bits per heavy atom. The Morgan fingerprint density at radius 1 is 1.19 bits per heavy atom. The molecule has 3 rings (SSSR count). The first-order valence-corrected chi connectivity index (χ1v) is 5.54. The zero-order chi connectivity index (χ0) is 10.8. The van der Waals surface area contributed by atoms with Crippen molar-refractivity contribution in [2.24, 2.45) is 0 Å². The maximum atomic E-state index is 5.76. The van der Waals surface area contributed by atoms with Gasteiger partial charge in [-0.3, -0.25) is 0 Å². The third kappa shape index (κ3) is 1.84. The molecule has 1 aromatic carbocycles. The second-order valence-corrected chi connectivity index (χ2v) is 3.97. The number of benzene rings is 1. The highest BCUT2D eigenvalue weighted by molar-refractivity contribution is 5.78. The number of hydrogen-bond acceptors (Lipinski definition) is 4. The van der Waals surface area contributed by atoms with E-state index in [0.29, 0.717) is 0 Å². The van der Waals surface area contributed by atoms with Crippen LogP contribution < -0.4 is 4.84 Å². The summed E-state index contributed by atoms with van der Waals surface area (Å²) in [7, 11) is 0. The lowest BCUT2D eigenvalue weighted by molar-refractivity contribution is -0.0345. The van der Waals surface area contributed by atoms with Gasteiger partial charge in [0.25, 0.3) is 0 Å². The molecular formula is C12H13N3O. The summed E-state index contributed by atoms with van der Waals surface area (Å²) in [5.74, 6) is 0.865. The number of rotatable bonds is 2. The quantitative estimate of drug-likeness (QED) is 0.768. The average Bonchev–Trinajstić information content (AvgIpc) is 2.82. The van der Waals surface area contributed by atoms with Gasteiger partial charge in [-0.05, 0) is 31.0 Å². The van der Waals surface area contributed by atoms with E-state index < -0.39 is 0 Å². The van der Waals surface area contributed by atoms with E-state index in [0.717, 1.165) is 29.7 Å². The molecule has 0 radical (unpaired) electrons. The van der Waals surface area contributed by atoms with Crippen LogP contribution in [0.2, 0.25) is 0 Å². The molecule has 2 aromatic rings. The molecule has 0 spiro atoms. The molecule has 1 aromatic heterocycles. The largest absolute Gasteiger partial charge is 0.406 e. The monoisotopic (exact) mass is 215 g/mol. The minimum absolute atomic E-state index is 0.865. The summed E-state index contributed by atoms with van der Waals surface area (Å²) >= 11 is 0. The van der Waals surface area contributed by atoms with E-state index in [9.17, 15) is 0 Å². The van der Waals surface area contributed by atoms with E-state index in [1.165, 1.54) is 12.8 Å². The van der Waals surface area contributed by atoms with E-state index in [-0.39, 0.29) is 0 Å². The number of fused-ring (bicyclic) bond motifs is 1. The summed E-state index contributed by atoms with van der Waals surface area (Å²) in [6, 6.07) is 5.89. The molecule has 0 unspecified atom stereocenters. The lowest BCUT2D eigenvalue weighted by atomic mass is 10.2. The Kier molecular flexibility index (Phi) is 2.42. The Hall–Kier alpha value is -1.68. The predicted molar refractivity (Wildman–Crippen MR) is 61.0 cm³/mol. The molecule has 0 saturated carbocycles. The van der Waals surface area contributed by atoms with Crippen molar-refractivity contribution in [2.45, 2.75) is 12.8 Å². The third-order valence-corrected chi connectivity index (χ3v) is 2.78. The van der Waals surface area contributed by atoms with E-state index in [4.69, 9.17) is 4.84 Å². The van der Waals surface area contributed by atoms with Crippen LogP contribution in [0.1, 0.15) is 12.8 Å². The Morgan fingerprint density at radius 3 is 2.94 bits per heavy atom. The summed E-state index contributed by atoms with van der Waals surface area (Å²) in [6.07, 6.45) is 5.80. The molecule has 0 aliphatic carbocycles. The molecular weight excluding hydrogens is 202 g/mol. The predicted octanol–water partition coefficient (Wildman–Crippen LogP) is 2.02. The standard InChI is InChI=1S/C12H13N3O/c1-2-6-15(5-1)16-11-3-4-12-10(7-11)8-13-9-14-12/h3-4,7-9H,1-2,5-6H2. The average molecular weight is 215 g/mol. The molecule has 1 aliphatic rings. The van der Waals surface area contributed by atoms with Gasteiger partial charge in [0.2, 0.25) is 0 Å². The molecule has 0 bridgehead atoms. The summed E-state index contributed by atoms with van der Waals surface area (Å²) < 4.78 is 0. The number of aromatic nitrogens is 2. The first-order chi connectivity index (χ1) is 7.92. The van der Waals surface area contributed by atoms with Gasteiger partial charge in [-0.1, -0.05) is 0 Å². The Bertz CT molecular complexity index is 494. The number of nitrogens with zero attached hydrogens (tertiary/aromatic N) is 3. The van der Waals surface area contributed by atoms with E-state index in [1.807, 2.05) is 23.3 Å². The third-order valence-electron chi connectivity index (χ3n) is 2.78. The SMILES string of the molecule is c1ncc2cc(ON3CCCC3)ccc2n1. The number of hydrogen-bond donors (Lipinski definition) is 0. The van der Waals surface area contributed by atoms with Gasteiger partial charge in [0.1, 0.15) is 12.1 Å². The van der Waals surface area contributed by atoms with Crippen molar-refractivity contribution in [3.05, 3.63) is 30.7 Å².